The van der Waals surface area contributed by atoms with Gasteiger partial charge in [-0.1, -0.05) is 20.8 Å². The van der Waals surface area contributed by atoms with E-state index in [-0.39, 0.29) is 0 Å². The number of fused-ring (bicyclic) bond motifs is 1. The number of hydrogen-bond donors (Lipinski definition) is 1. The van der Waals surface area contributed by atoms with Crippen molar-refractivity contribution < 1.29 is 0 Å². The predicted molar refractivity (Wildman–Crippen MR) is 60.3 cm³/mol. The van der Waals surface area contributed by atoms with Crippen LogP contribution >= 0.6 is 0 Å². The van der Waals surface area contributed by atoms with Crippen molar-refractivity contribution in [3.05, 3.63) is 0 Å². The van der Waals surface area contributed by atoms with Crippen molar-refractivity contribution >= 4 is 0 Å². The molecule has 1 unspecified atom stereocenters. The quantitative estimate of drug-likeness (QED) is 0.737. The Hall–Kier alpha value is -0.0800. The molecule has 2 fully saturated rings. The van der Waals surface area contributed by atoms with Gasteiger partial charge in [0.05, 0.1) is 0 Å². The molecule has 0 radical (unpaired) electrons. The molecule has 2 aliphatic heterocycles. The highest BCUT2D eigenvalue weighted by atomic mass is 15.2. The Balaban J connectivity index is 1.93. The summed E-state index contributed by atoms with van der Waals surface area (Å²) in [6.07, 6.45) is 1.31. The molecule has 0 saturated carbocycles. The Kier molecular flexibility index (Phi) is 3.13. The summed E-state index contributed by atoms with van der Waals surface area (Å²) in [5.74, 6) is 2.71. The molecule has 2 heterocycles. The van der Waals surface area contributed by atoms with Gasteiger partial charge in [-0.2, -0.15) is 0 Å². The largest absolute Gasteiger partial charge is 0.316 e. The Morgan fingerprint density at radius 2 is 1.79 bits per heavy atom. The topological polar surface area (TPSA) is 15.3 Å². The SMILES string of the molecule is CCC(C(C)C)N1C[C@H]2CNC[C@H]2C1. The lowest BCUT2D eigenvalue weighted by atomic mass is 10.0. The summed E-state index contributed by atoms with van der Waals surface area (Å²) in [7, 11) is 0. The first-order chi connectivity index (χ1) is 6.72. The minimum Gasteiger partial charge on any atom is -0.316 e. The molecule has 14 heavy (non-hydrogen) atoms. The highest BCUT2D eigenvalue weighted by molar-refractivity contribution is 4.93. The van der Waals surface area contributed by atoms with E-state index in [9.17, 15) is 0 Å². The minimum atomic E-state index is 0.812. The molecule has 2 nitrogen and oxygen atoms in total. The second kappa shape index (κ2) is 4.19. The van der Waals surface area contributed by atoms with Crippen LogP contribution < -0.4 is 5.32 Å². The Bertz CT molecular complexity index is 179. The van der Waals surface area contributed by atoms with Gasteiger partial charge in [0, 0.05) is 19.1 Å². The van der Waals surface area contributed by atoms with Gasteiger partial charge in [-0.25, -0.2) is 0 Å². The summed E-state index contributed by atoms with van der Waals surface area (Å²) in [6, 6.07) is 0.820. The Labute approximate surface area is 88.1 Å². The zero-order chi connectivity index (χ0) is 10.1. The van der Waals surface area contributed by atoms with Gasteiger partial charge in [0.2, 0.25) is 0 Å². The smallest absolute Gasteiger partial charge is 0.0116 e. The van der Waals surface area contributed by atoms with Gasteiger partial charge in [0.1, 0.15) is 0 Å². The number of nitrogens with one attached hydrogen (secondary N) is 1. The molecule has 0 aromatic carbocycles. The van der Waals surface area contributed by atoms with E-state index in [0.29, 0.717) is 0 Å². The number of nitrogens with zero attached hydrogens (tertiary/aromatic N) is 1. The number of hydrogen-bond acceptors (Lipinski definition) is 2. The maximum Gasteiger partial charge on any atom is 0.0116 e. The number of rotatable bonds is 3. The van der Waals surface area contributed by atoms with E-state index in [1.165, 1.54) is 32.6 Å². The van der Waals surface area contributed by atoms with Gasteiger partial charge in [0.25, 0.3) is 0 Å². The first-order valence-corrected chi connectivity index (χ1v) is 6.17. The van der Waals surface area contributed by atoms with Crippen LogP contribution in [0.5, 0.6) is 0 Å². The maximum absolute atomic E-state index is 3.50. The average Bonchev–Trinajstić information content (AvgIpc) is 2.63. The maximum atomic E-state index is 3.50. The van der Waals surface area contributed by atoms with Crippen molar-refractivity contribution in [1.82, 2.24) is 10.2 Å². The minimum absolute atomic E-state index is 0.812. The summed E-state index contributed by atoms with van der Waals surface area (Å²) in [5.41, 5.74) is 0. The molecule has 2 heteroatoms. The van der Waals surface area contributed by atoms with E-state index in [1.807, 2.05) is 0 Å². The third-order valence-corrected chi connectivity index (χ3v) is 4.07. The molecule has 0 amide bonds. The molecule has 82 valence electrons. The normalized spacial score (nSPS) is 35.1. The highest BCUT2D eigenvalue weighted by Gasteiger charge is 2.38. The van der Waals surface area contributed by atoms with E-state index >= 15 is 0 Å². The molecule has 0 aromatic heterocycles. The average molecular weight is 196 g/mol. The second-order valence-corrected chi connectivity index (χ2v) is 5.35. The summed E-state index contributed by atoms with van der Waals surface area (Å²) < 4.78 is 0. The molecule has 0 bridgehead atoms. The van der Waals surface area contributed by atoms with Crippen molar-refractivity contribution in [3.8, 4) is 0 Å². The van der Waals surface area contributed by atoms with Gasteiger partial charge >= 0.3 is 0 Å². The first kappa shape index (κ1) is 10.4. The van der Waals surface area contributed by atoms with Crippen LogP contribution in [0.15, 0.2) is 0 Å². The third-order valence-electron chi connectivity index (χ3n) is 4.07. The predicted octanol–water partition coefficient (Wildman–Crippen LogP) is 1.57. The fourth-order valence-electron chi connectivity index (χ4n) is 3.31. The molecule has 2 rings (SSSR count). The van der Waals surface area contributed by atoms with Gasteiger partial charge in [-0.05, 0) is 37.3 Å². The summed E-state index contributed by atoms with van der Waals surface area (Å²) >= 11 is 0. The zero-order valence-corrected chi connectivity index (χ0v) is 9.79. The number of likely N-dealkylation sites (tertiary alicyclic amines) is 1. The lowest BCUT2D eigenvalue weighted by Gasteiger charge is -2.30. The summed E-state index contributed by atoms with van der Waals surface area (Å²) in [5, 5.41) is 3.50. The molecule has 3 atom stereocenters. The monoisotopic (exact) mass is 196 g/mol. The van der Waals surface area contributed by atoms with Crippen molar-refractivity contribution in [1.29, 1.82) is 0 Å². The summed E-state index contributed by atoms with van der Waals surface area (Å²) in [4.78, 5) is 2.74. The van der Waals surface area contributed by atoms with E-state index in [2.05, 4.69) is 31.0 Å². The molecule has 1 N–H and O–H groups in total. The van der Waals surface area contributed by atoms with Crippen LogP contribution in [0.25, 0.3) is 0 Å². The zero-order valence-electron chi connectivity index (χ0n) is 9.79. The molecule has 2 saturated heterocycles. The van der Waals surface area contributed by atoms with Crippen molar-refractivity contribution in [2.24, 2.45) is 17.8 Å². The van der Waals surface area contributed by atoms with Crippen LogP contribution in [-0.2, 0) is 0 Å². The Morgan fingerprint density at radius 3 is 2.21 bits per heavy atom. The fraction of sp³-hybridized carbons (Fsp3) is 1.00. The second-order valence-electron chi connectivity index (χ2n) is 5.35. The third kappa shape index (κ3) is 1.82. The van der Waals surface area contributed by atoms with Gasteiger partial charge in [-0.15, -0.1) is 0 Å². The lowest BCUT2D eigenvalue weighted by molar-refractivity contribution is 0.173. The standard InChI is InChI=1S/C12H24N2/c1-4-12(9(2)3)14-7-10-5-13-6-11(10)8-14/h9-13H,4-8H2,1-3H3/t10-,11+,12?. The van der Waals surface area contributed by atoms with Crippen LogP contribution in [-0.4, -0.2) is 37.1 Å². The van der Waals surface area contributed by atoms with Crippen molar-refractivity contribution in [3.63, 3.8) is 0 Å². The molecular weight excluding hydrogens is 172 g/mol. The highest BCUT2D eigenvalue weighted by Crippen LogP contribution is 2.30. The van der Waals surface area contributed by atoms with Crippen molar-refractivity contribution in [2.45, 2.75) is 33.2 Å². The molecular formula is C12H24N2. The fourth-order valence-corrected chi connectivity index (χ4v) is 3.31. The van der Waals surface area contributed by atoms with Crippen LogP contribution in [0.1, 0.15) is 27.2 Å². The van der Waals surface area contributed by atoms with Crippen molar-refractivity contribution in [2.75, 3.05) is 26.2 Å². The van der Waals surface area contributed by atoms with E-state index in [0.717, 1.165) is 23.8 Å². The van der Waals surface area contributed by atoms with Gasteiger partial charge < -0.3 is 5.32 Å². The van der Waals surface area contributed by atoms with E-state index in [4.69, 9.17) is 0 Å². The molecule has 0 spiro atoms. The van der Waals surface area contributed by atoms with Crippen LogP contribution in [0.2, 0.25) is 0 Å². The molecule has 2 aliphatic rings. The van der Waals surface area contributed by atoms with Crippen LogP contribution in [0.3, 0.4) is 0 Å². The van der Waals surface area contributed by atoms with Crippen LogP contribution in [0, 0.1) is 17.8 Å². The van der Waals surface area contributed by atoms with Gasteiger partial charge in [-0.3, -0.25) is 4.90 Å². The van der Waals surface area contributed by atoms with Gasteiger partial charge in [0.15, 0.2) is 0 Å². The van der Waals surface area contributed by atoms with E-state index in [1.54, 1.807) is 0 Å². The lowest BCUT2D eigenvalue weighted by Crippen LogP contribution is -2.38. The Morgan fingerprint density at radius 1 is 1.21 bits per heavy atom. The first-order valence-electron chi connectivity index (χ1n) is 6.17. The van der Waals surface area contributed by atoms with Crippen LogP contribution in [0.4, 0.5) is 0 Å². The molecule has 0 aliphatic carbocycles. The summed E-state index contributed by atoms with van der Waals surface area (Å²) in [6.45, 7) is 12.3. The molecule has 0 aromatic rings. The van der Waals surface area contributed by atoms with E-state index < -0.39 is 0 Å².